The van der Waals surface area contributed by atoms with Crippen LogP contribution in [-0.4, -0.2) is 11.6 Å². The van der Waals surface area contributed by atoms with E-state index in [4.69, 9.17) is 0 Å². The highest BCUT2D eigenvalue weighted by Gasteiger charge is 2.35. The van der Waals surface area contributed by atoms with Crippen molar-refractivity contribution in [2.24, 2.45) is 0 Å². The van der Waals surface area contributed by atoms with Crippen LogP contribution in [0, 0.1) is 0 Å². The molecule has 0 saturated heterocycles. The van der Waals surface area contributed by atoms with Gasteiger partial charge in [-0.3, -0.25) is 5.32 Å². The fourth-order valence-electron chi connectivity index (χ4n) is 9.45. The van der Waals surface area contributed by atoms with Crippen LogP contribution in [0.15, 0.2) is 205 Å². The van der Waals surface area contributed by atoms with Crippen LogP contribution >= 0.6 is 0 Å². The Morgan fingerprint density at radius 3 is 2.07 bits per heavy atom. The molecule has 7 aromatic carbocycles. The van der Waals surface area contributed by atoms with Crippen LogP contribution < -0.4 is 10.6 Å². The molecular formula is C54H46N2. The number of hydrogen-bond donors (Lipinski definition) is 2. The smallest absolute Gasteiger partial charge is 0.0631 e. The molecule has 0 aromatic heterocycles. The van der Waals surface area contributed by atoms with Crippen molar-refractivity contribution in [1.82, 2.24) is 10.6 Å². The first kappa shape index (κ1) is 34.3. The Balaban J connectivity index is 0.966. The second kappa shape index (κ2) is 14.5. The van der Waals surface area contributed by atoms with Gasteiger partial charge in [-0.05, 0) is 110 Å². The molecule has 3 aliphatic rings. The molecule has 56 heavy (non-hydrogen) atoms. The molecule has 1 aliphatic heterocycles. The lowest BCUT2D eigenvalue weighted by Crippen LogP contribution is -2.46. The number of benzene rings is 7. The molecule has 0 radical (unpaired) electrons. The van der Waals surface area contributed by atoms with E-state index < -0.39 is 0 Å². The molecule has 2 heteroatoms. The lowest BCUT2D eigenvalue weighted by Gasteiger charge is -2.40. The zero-order valence-electron chi connectivity index (χ0n) is 31.8. The summed E-state index contributed by atoms with van der Waals surface area (Å²) in [6.45, 7) is 2.37. The average molecular weight is 723 g/mol. The number of hydrogen-bond acceptors (Lipinski definition) is 2. The first-order chi connectivity index (χ1) is 27.6. The van der Waals surface area contributed by atoms with Crippen molar-refractivity contribution in [2.45, 2.75) is 49.7 Å². The van der Waals surface area contributed by atoms with Crippen molar-refractivity contribution in [3.8, 4) is 11.1 Å². The van der Waals surface area contributed by atoms with Crippen molar-refractivity contribution in [3.05, 3.63) is 222 Å². The van der Waals surface area contributed by atoms with Gasteiger partial charge in [-0.15, -0.1) is 0 Å². The Kier molecular flexibility index (Phi) is 8.85. The van der Waals surface area contributed by atoms with E-state index in [1.54, 1.807) is 0 Å². The summed E-state index contributed by atoms with van der Waals surface area (Å²) in [5.74, 6) is 0.141. The maximum absolute atomic E-state index is 4.10. The Morgan fingerprint density at radius 1 is 0.607 bits per heavy atom. The minimum absolute atomic E-state index is 0.141. The third-order valence-electron chi connectivity index (χ3n) is 12.4. The summed E-state index contributed by atoms with van der Waals surface area (Å²) < 4.78 is 0. The van der Waals surface area contributed by atoms with Gasteiger partial charge in [-0.25, -0.2) is 0 Å². The van der Waals surface area contributed by atoms with Crippen LogP contribution in [0.5, 0.6) is 0 Å². The van der Waals surface area contributed by atoms with Gasteiger partial charge < -0.3 is 5.32 Å². The molecule has 2 N–H and O–H groups in total. The SMILES string of the molecule is CC1(NC2=CC=C(C3C=C(c4ccccc4)CC(c4ccc(-c5ccccc5)cc4)N3)CC2)C=CC=CC1c1cc2ccccc2c2ccc3ccccc3c12. The molecular weight excluding hydrogens is 677 g/mol. The topological polar surface area (TPSA) is 24.1 Å². The Morgan fingerprint density at radius 2 is 1.30 bits per heavy atom. The lowest BCUT2D eigenvalue weighted by molar-refractivity contribution is 0.425. The zero-order valence-corrected chi connectivity index (χ0v) is 31.8. The Labute approximate surface area is 330 Å². The van der Waals surface area contributed by atoms with Gasteiger partial charge in [-0.2, -0.15) is 0 Å². The molecule has 4 atom stereocenters. The highest BCUT2D eigenvalue weighted by Crippen LogP contribution is 2.44. The van der Waals surface area contributed by atoms with E-state index in [0.29, 0.717) is 0 Å². The largest absolute Gasteiger partial charge is 0.379 e. The summed E-state index contributed by atoms with van der Waals surface area (Å²) in [7, 11) is 0. The van der Waals surface area contributed by atoms with Crippen LogP contribution in [0.3, 0.4) is 0 Å². The Bertz CT molecular complexity index is 2730. The van der Waals surface area contributed by atoms with Crippen LogP contribution in [-0.2, 0) is 0 Å². The number of rotatable bonds is 7. The molecule has 0 spiro atoms. The summed E-state index contributed by atoms with van der Waals surface area (Å²) in [5, 5.41) is 16.0. The lowest BCUT2D eigenvalue weighted by atomic mass is 9.74. The van der Waals surface area contributed by atoms with Crippen molar-refractivity contribution < 1.29 is 0 Å². The second-order valence-electron chi connectivity index (χ2n) is 15.9. The maximum atomic E-state index is 4.10. The fourth-order valence-corrected chi connectivity index (χ4v) is 9.45. The molecule has 2 aliphatic carbocycles. The summed E-state index contributed by atoms with van der Waals surface area (Å²) in [4.78, 5) is 0. The van der Waals surface area contributed by atoms with Crippen LogP contribution in [0.4, 0.5) is 0 Å². The van der Waals surface area contributed by atoms with Gasteiger partial charge >= 0.3 is 0 Å². The Hall–Kier alpha value is -6.22. The maximum Gasteiger partial charge on any atom is 0.0631 e. The first-order valence-corrected chi connectivity index (χ1v) is 20.1. The molecule has 7 aromatic rings. The predicted octanol–water partition coefficient (Wildman–Crippen LogP) is 13.2. The summed E-state index contributed by atoms with van der Waals surface area (Å²) in [6, 6.07) is 55.9. The van der Waals surface area contributed by atoms with Crippen molar-refractivity contribution in [2.75, 3.05) is 0 Å². The van der Waals surface area contributed by atoms with Gasteiger partial charge in [-0.1, -0.05) is 182 Å². The van der Waals surface area contributed by atoms with Crippen LogP contribution in [0.1, 0.15) is 54.8 Å². The quantitative estimate of drug-likeness (QED) is 0.160. The predicted molar refractivity (Wildman–Crippen MR) is 238 cm³/mol. The average Bonchev–Trinajstić information content (AvgIpc) is 3.27. The van der Waals surface area contributed by atoms with Gasteiger partial charge in [0, 0.05) is 23.7 Å². The molecule has 0 saturated carbocycles. The van der Waals surface area contributed by atoms with E-state index in [0.717, 1.165) is 19.3 Å². The van der Waals surface area contributed by atoms with Crippen molar-refractivity contribution >= 4 is 37.9 Å². The van der Waals surface area contributed by atoms with Gasteiger partial charge in [0.15, 0.2) is 0 Å². The number of nitrogens with one attached hydrogen (secondary N) is 2. The van der Waals surface area contributed by atoms with E-state index in [1.807, 2.05) is 0 Å². The van der Waals surface area contributed by atoms with Crippen LogP contribution in [0.2, 0.25) is 0 Å². The summed E-state index contributed by atoms with van der Waals surface area (Å²) in [5.41, 5.74) is 10.3. The molecule has 4 unspecified atom stereocenters. The van der Waals surface area contributed by atoms with Gasteiger partial charge in [0.25, 0.3) is 0 Å². The van der Waals surface area contributed by atoms with Crippen molar-refractivity contribution in [3.63, 3.8) is 0 Å². The molecule has 272 valence electrons. The standard InChI is InChI=1S/C54H46N2/c1-54(33-13-12-22-50(54)49-34-43-19-9-10-20-46(43)48-32-29-40-18-8-11-21-47(40)53(48)49)56-45-30-27-42(28-31-45)52-36-44(38-16-6-3-7-17-38)35-51(55-52)41-25-23-39(24-26-41)37-14-4-2-5-15-37/h2-27,29-30,32-34,36,50-52,55-56H,28,31,35H2,1H3. The molecule has 10 rings (SSSR count). The van der Waals surface area contributed by atoms with Gasteiger partial charge in [0.1, 0.15) is 0 Å². The molecule has 0 amide bonds. The molecule has 0 bridgehead atoms. The molecule has 2 nitrogen and oxygen atoms in total. The second-order valence-corrected chi connectivity index (χ2v) is 15.9. The van der Waals surface area contributed by atoms with Gasteiger partial charge in [0.05, 0.1) is 5.54 Å². The highest BCUT2D eigenvalue weighted by atomic mass is 15.0. The van der Waals surface area contributed by atoms with Crippen molar-refractivity contribution in [1.29, 1.82) is 0 Å². The summed E-state index contributed by atoms with van der Waals surface area (Å²) >= 11 is 0. The third-order valence-corrected chi connectivity index (χ3v) is 12.4. The summed E-state index contributed by atoms with van der Waals surface area (Å²) in [6.07, 6.45) is 19.3. The monoisotopic (exact) mass is 722 g/mol. The fraction of sp³-hybridized carbons (Fsp3) is 0.148. The normalized spacial score (nSPS) is 22.2. The minimum Gasteiger partial charge on any atom is -0.379 e. The van der Waals surface area contributed by atoms with Gasteiger partial charge in [0.2, 0.25) is 0 Å². The first-order valence-electron chi connectivity index (χ1n) is 20.1. The minimum atomic E-state index is -0.307. The van der Waals surface area contributed by atoms with E-state index >= 15 is 0 Å². The molecule has 0 fully saturated rings. The van der Waals surface area contributed by atoms with E-state index in [2.05, 4.69) is 212 Å². The van der Waals surface area contributed by atoms with E-state index in [-0.39, 0.29) is 23.5 Å². The van der Waals surface area contributed by atoms with E-state index in [1.165, 1.54) is 77.0 Å². The number of fused-ring (bicyclic) bond motifs is 5. The molecule has 1 heterocycles. The third kappa shape index (κ3) is 6.40. The van der Waals surface area contributed by atoms with E-state index in [9.17, 15) is 0 Å². The van der Waals surface area contributed by atoms with Crippen LogP contribution in [0.25, 0.3) is 49.0 Å². The number of allylic oxidation sites excluding steroid dienone is 5. The highest BCUT2D eigenvalue weighted by molar-refractivity contribution is 6.19. The zero-order chi connectivity index (χ0) is 37.5.